The van der Waals surface area contributed by atoms with Crippen LogP contribution in [0.4, 0.5) is 0 Å². The Morgan fingerprint density at radius 2 is 1.82 bits per heavy atom. The number of fused-ring (bicyclic) bond motifs is 1. The first-order chi connectivity index (χ1) is 13.4. The summed E-state index contributed by atoms with van der Waals surface area (Å²) in [6, 6.07) is 6.34. The Balaban J connectivity index is 1.57. The normalized spacial score (nSPS) is 24.1. The Bertz CT molecular complexity index is 1040. The largest absolute Gasteiger partial charge is 0.394 e. The monoisotopic (exact) mass is 387 g/mol. The number of carbonyl (C=O) groups is 2. The molecule has 4 rings (SSSR count). The van der Waals surface area contributed by atoms with Crippen molar-refractivity contribution in [3.63, 3.8) is 0 Å². The molecule has 0 aliphatic carbocycles. The molecule has 2 N–H and O–H groups in total. The number of hydrogen-bond acceptors (Lipinski definition) is 7. The number of amides is 2. The molecule has 3 heterocycles. The van der Waals surface area contributed by atoms with Crippen molar-refractivity contribution in [3.05, 3.63) is 68.0 Å². The summed E-state index contributed by atoms with van der Waals surface area (Å²) in [6.45, 7) is 1.10. The summed E-state index contributed by atoms with van der Waals surface area (Å²) in [4.78, 5) is 56.3. The molecule has 2 amide bonds. The van der Waals surface area contributed by atoms with Gasteiger partial charge in [-0.15, -0.1) is 5.06 Å². The SMILES string of the molecule is Cc1cn([C@H]2C[C@H](ON3C(=O)c4ccccc4C3=O)[C@@H](CO)O2)c(=O)[nH]c1=O. The third kappa shape index (κ3) is 2.87. The topological polar surface area (TPSA) is 131 Å². The van der Waals surface area contributed by atoms with Crippen LogP contribution in [0.1, 0.15) is 38.9 Å². The molecule has 3 atom stereocenters. The molecule has 2 aliphatic heterocycles. The van der Waals surface area contributed by atoms with Gasteiger partial charge in [-0.25, -0.2) is 4.79 Å². The van der Waals surface area contributed by atoms with Gasteiger partial charge in [0.05, 0.1) is 17.7 Å². The van der Waals surface area contributed by atoms with E-state index in [4.69, 9.17) is 9.57 Å². The number of hydroxylamine groups is 2. The van der Waals surface area contributed by atoms with E-state index in [1.165, 1.54) is 22.9 Å². The minimum atomic E-state index is -0.867. The van der Waals surface area contributed by atoms with Gasteiger partial charge in [0, 0.05) is 18.2 Å². The number of nitrogens with zero attached hydrogens (tertiary/aromatic N) is 2. The molecule has 10 heteroatoms. The van der Waals surface area contributed by atoms with Crippen LogP contribution in [-0.4, -0.2) is 50.3 Å². The second kappa shape index (κ2) is 6.82. The highest BCUT2D eigenvalue weighted by molar-refractivity contribution is 6.20. The van der Waals surface area contributed by atoms with E-state index in [0.717, 1.165) is 0 Å². The van der Waals surface area contributed by atoms with Crippen LogP contribution in [0.3, 0.4) is 0 Å². The number of aliphatic hydroxyl groups excluding tert-OH is 1. The lowest BCUT2D eigenvalue weighted by Crippen LogP contribution is -2.39. The highest BCUT2D eigenvalue weighted by Crippen LogP contribution is 2.32. The van der Waals surface area contributed by atoms with E-state index in [1.807, 2.05) is 0 Å². The van der Waals surface area contributed by atoms with Crippen LogP contribution in [-0.2, 0) is 9.57 Å². The smallest absolute Gasteiger partial charge is 0.330 e. The van der Waals surface area contributed by atoms with E-state index in [9.17, 15) is 24.3 Å². The molecular formula is C18H17N3O7. The Morgan fingerprint density at radius 3 is 2.43 bits per heavy atom. The molecule has 1 saturated heterocycles. The number of aliphatic hydroxyl groups is 1. The van der Waals surface area contributed by atoms with E-state index in [2.05, 4.69) is 4.98 Å². The van der Waals surface area contributed by atoms with Crippen molar-refractivity contribution in [1.82, 2.24) is 14.6 Å². The average molecular weight is 387 g/mol. The molecule has 146 valence electrons. The molecule has 10 nitrogen and oxygen atoms in total. The summed E-state index contributed by atoms with van der Waals surface area (Å²) in [5.41, 5.74) is -0.393. The van der Waals surface area contributed by atoms with Crippen LogP contribution < -0.4 is 11.2 Å². The van der Waals surface area contributed by atoms with Crippen LogP contribution in [0.25, 0.3) is 0 Å². The van der Waals surface area contributed by atoms with E-state index in [1.54, 1.807) is 19.1 Å². The van der Waals surface area contributed by atoms with E-state index < -0.39 is 48.1 Å². The maximum Gasteiger partial charge on any atom is 0.330 e. The van der Waals surface area contributed by atoms with Crippen molar-refractivity contribution in [2.45, 2.75) is 31.8 Å². The molecule has 28 heavy (non-hydrogen) atoms. The van der Waals surface area contributed by atoms with Gasteiger partial charge in [-0.05, 0) is 19.1 Å². The Kier molecular flexibility index (Phi) is 4.46. The number of imide groups is 1. The second-order valence-corrected chi connectivity index (χ2v) is 6.62. The van der Waals surface area contributed by atoms with Gasteiger partial charge >= 0.3 is 5.69 Å². The quantitative estimate of drug-likeness (QED) is 0.690. The van der Waals surface area contributed by atoms with Crippen molar-refractivity contribution in [3.8, 4) is 0 Å². The second-order valence-electron chi connectivity index (χ2n) is 6.62. The maximum absolute atomic E-state index is 12.5. The van der Waals surface area contributed by atoms with Gasteiger partial charge in [0.1, 0.15) is 18.4 Å². The van der Waals surface area contributed by atoms with Crippen molar-refractivity contribution >= 4 is 11.8 Å². The van der Waals surface area contributed by atoms with Gasteiger partial charge in [-0.2, -0.15) is 0 Å². The lowest BCUT2D eigenvalue weighted by Gasteiger charge is -2.21. The number of aryl methyl sites for hydroxylation is 1. The number of benzene rings is 1. The number of carbonyl (C=O) groups excluding carboxylic acids is 2. The molecule has 0 radical (unpaired) electrons. The van der Waals surface area contributed by atoms with Crippen molar-refractivity contribution in [2.24, 2.45) is 0 Å². The fourth-order valence-electron chi connectivity index (χ4n) is 3.34. The molecule has 1 aromatic heterocycles. The number of rotatable bonds is 4. The molecule has 2 aliphatic rings. The van der Waals surface area contributed by atoms with Crippen LogP contribution in [0.5, 0.6) is 0 Å². The molecule has 0 spiro atoms. The first kappa shape index (κ1) is 18.3. The van der Waals surface area contributed by atoms with E-state index in [0.29, 0.717) is 10.6 Å². The Labute approximate surface area is 157 Å². The van der Waals surface area contributed by atoms with E-state index >= 15 is 0 Å². The third-order valence-electron chi connectivity index (χ3n) is 4.81. The number of aromatic nitrogens is 2. The Morgan fingerprint density at radius 1 is 1.18 bits per heavy atom. The molecule has 1 aromatic carbocycles. The standard InChI is InChI=1S/C18H17N3O7/c1-9-7-20(18(26)19-15(9)23)14-6-12(13(8-22)27-14)28-21-16(24)10-4-2-3-5-11(10)17(21)25/h2-5,7,12-14,22H,6,8H2,1H3,(H,19,23,26)/t12-,13+,14+/m0/s1. The first-order valence-electron chi connectivity index (χ1n) is 8.63. The summed E-state index contributed by atoms with van der Waals surface area (Å²) < 4.78 is 6.85. The number of hydrogen-bond donors (Lipinski definition) is 2. The zero-order valence-electron chi connectivity index (χ0n) is 14.8. The van der Waals surface area contributed by atoms with Crippen LogP contribution in [0.15, 0.2) is 40.1 Å². The fraction of sp³-hybridized carbons (Fsp3) is 0.333. The molecular weight excluding hydrogens is 370 g/mol. The number of ether oxygens (including phenoxy) is 1. The number of H-pyrrole nitrogens is 1. The van der Waals surface area contributed by atoms with Gasteiger partial charge in [0.25, 0.3) is 17.4 Å². The van der Waals surface area contributed by atoms with Crippen LogP contribution in [0.2, 0.25) is 0 Å². The molecule has 0 unspecified atom stereocenters. The lowest BCUT2D eigenvalue weighted by molar-refractivity contribution is -0.155. The van der Waals surface area contributed by atoms with Crippen molar-refractivity contribution < 1.29 is 24.3 Å². The summed E-state index contributed by atoms with van der Waals surface area (Å²) >= 11 is 0. The fourth-order valence-corrected chi connectivity index (χ4v) is 3.34. The van der Waals surface area contributed by atoms with Crippen LogP contribution in [0, 0.1) is 6.92 Å². The van der Waals surface area contributed by atoms with Gasteiger partial charge in [0.2, 0.25) is 0 Å². The third-order valence-corrected chi connectivity index (χ3v) is 4.81. The molecule has 1 fully saturated rings. The minimum Gasteiger partial charge on any atom is -0.394 e. The van der Waals surface area contributed by atoms with Crippen LogP contribution >= 0.6 is 0 Å². The highest BCUT2D eigenvalue weighted by atomic mass is 16.7. The lowest BCUT2D eigenvalue weighted by atomic mass is 10.1. The first-order valence-corrected chi connectivity index (χ1v) is 8.63. The summed E-state index contributed by atoms with van der Waals surface area (Å²) in [5.74, 6) is -1.20. The predicted octanol–water partition coefficient (Wildman–Crippen LogP) is -0.279. The zero-order chi connectivity index (χ0) is 20.0. The zero-order valence-corrected chi connectivity index (χ0v) is 14.8. The molecule has 0 bridgehead atoms. The van der Waals surface area contributed by atoms with Gasteiger partial charge in [-0.1, -0.05) is 12.1 Å². The van der Waals surface area contributed by atoms with Crippen molar-refractivity contribution in [1.29, 1.82) is 0 Å². The molecule has 0 saturated carbocycles. The van der Waals surface area contributed by atoms with Gasteiger partial charge in [-0.3, -0.25) is 28.8 Å². The Hall–Kier alpha value is -3.08. The predicted molar refractivity (Wildman–Crippen MR) is 93.5 cm³/mol. The number of aromatic amines is 1. The summed E-state index contributed by atoms with van der Waals surface area (Å²) in [7, 11) is 0. The van der Waals surface area contributed by atoms with Gasteiger partial charge < -0.3 is 9.84 Å². The highest BCUT2D eigenvalue weighted by Gasteiger charge is 2.44. The van der Waals surface area contributed by atoms with E-state index in [-0.39, 0.29) is 17.5 Å². The van der Waals surface area contributed by atoms with Gasteiger partial charge in [0.15, 0.2) is 0 Å². The summed E-state index contributed by atoms with van der Waals surface area (Å²) in [6.07, 6.45) is -1.11. The maximum atomic E-state index is 12.5. The molecule has 2 aromatic rings. The summed E-state index contributed by atoms with van der Waals surface area (Å²) in [5, 5.41) is 10.3. The van der Waals surface area contributed by atoms with Crippen molar-refractivity contribution in [2.75, 3.05) is 6.61 Å². The number of nitrogens with one attached hydrogen (secondary N) is 1. The minimum absolute atomic E-state index is 0.0873. The average Bonchev–Trinajstić information content (AvgIpc) is 3.20.